The van der Waals surface area contributed by atoms with Crippen LogP contribution in [0.3, 0.4) is 0 Å². The van der Waals surface area contributed by atoms with Crippen LogP contribution >= 0.6 is 0 Å². The van der Waals surface area contributed by atoms with Crippen LogP contribution in [-0.4, -0.2) is 18.2 Å². The van der Waals surface area contributed by atoms with Crippen LogP contribution in [-0.2, 0) is 9.53 Å². The van der Waals surface area contributed by atoms with E-state index in [9.17, 15) is 9.18 Å². The first-order valence-electron chi connectivity index (χ1n) is 5.94. The predicted octanol–water partition coefficient (Wildman–Crippen LogP) is 3.39. The van der Waals surface area contributed by atoms with Crippen molar-refractivity contribution >= 4 is 5.97 Å². The molecule has 0 saturated heterocycles. The molecule has 0 unspecified atom stereocenters. The summed E-state index contributed by atoms with van der Waals surface area (Å²) in [6.07, 6.45) is 7.64. The van der Waals surface area contributed by atoms with E-state index in [0.717, 1.165) is 38.5 Å². The summed E-state index contributed by atoms with van der Waals surface area (Å²) in [5, 5.41) is 0. The maximum absolute atomic E-state index is 12.0. The Morgan fingerprint density at radius 1 is 1.27 bits per heavy atom. The molecule has 0 radical (unpaired) electrons. The van der Waals surface area contributed by atoms with Crippen molar-refractivity contribution in [3.63, 3.8) is 0 Å². The van der Waals surface area contributed by atoms with Gasteiger partial charge in [-0.05, 0) is 44.9 Å². The van der Waals surface area contributed by atoms with Gasteiger partial charge in [0.1, 0.15) is 5.60 Å². The predicted molar refractivity (Wildman–Crippen MR) is 57.4 cm³/mol. The van der Waals surface area contributed by atoms with Gasteiger partial charge in [-0.2, -0.15) is 0 Å². The van der Waals surface area contributed by atoms with Gasteiger partial charge >= 0.3 is 5.97 Å². The lowest BCUT2D eigenvalue weighted by Crippen LogP contribution is -2.36. The van der Waals surface area contributed by atoms with Crippen LogP contribution in [0.4, 0.5) is 4.39 Å². The van der Waals surface area contributed by atoms with Gasteiger partial charge in [0.2, 0.25) is 0 Å². The van der Waals surface area contributed by atoms with Crippen LogP contribution in [0.2, 0.25) is 0 Å². The fourth-order valence-corrected chi connectivity index (χ4v) is 2.45. The second-order valence-electron chi connectivity index (χ2n) is 4.48. The lowest BCUT2D eigenvalue weighted by molar-refractivity contribution is -0.161. The molecule has 1 fully saturated rings. The normalized spacial score (nSPS) is 19.9. The molecule has 0 N–H and O–H groups in total. The molecule has 0 aromatic heterocycles. The minimum absolute atomic E-state index is 0.197. The van der Waals surface area contributed by atoms with Crippen molar-refractivity contribution in [1.82, 2.24) is 0 Å². The molecule has 88 valence electrons. The smallest absolute Gasteiger partial charge is 0.303 e. The van der Waals surface area contributed by atoms with E-state index in [-0.39, 0.29) is 18.2 Å². The zero-order valence-electron chi connectivity index (χ0n) is 9.56. The van der Waals surface area contributed by atoms with E-state index >= 15 is 0 Å². The SMILES string of the molecule is CC(=O)OC1(CCCCF)CCCCC1. The first-order valence-corrected chi connectivity index (χ1v) is 5.94. The van der Waals surface area contributed by atoms with Gasteiger partial charge in [0.15, 0.2) is 0 Å². The Labute approximate surface area is 91.2 Å². The van der Waals surface area contributed by atoms with Crippen molar-refractivity contribution in [2.24, 2.45) is 0 Å². The van der Waals surface area contributed by atoms with Gasteiger partial charge in [-0.15, -0.1) is 0 Å². The third kappa shape index (κ3) is 4.18. The van der Waals surface area contributed by atoms with Gasteiger partial charge in [-0.1, -0.05) is 6.42 Å². The van der Waals surface area contributed by atoms with E-state index in [4.69, 9.17) is 4.74 Å². The maximum atomic E-state index is 12.0. The fraction of sp³-hybridized carbons (Fsp3) is 0.917. The molecule has 0 aromatic rings. The summed E-state index contributed by atoms with van der Waals surface area (Å²) in [6.45, 7) is 1.20. The quantitative estimate of drug-likeness (QED) is 0.520. The van der Waals surface area contributed by atoms with Gasteiger partial charge in [0.05, 0.1) is 6.67 Å². The van der Waals surface area contributed by atoms with Crippen molar-refractivity contribution in [1.29, 1.82) is 0 Å². The summed E-state index contributed by atoms with van der Waals surface area (Å²) in [6, 6.07) is 0. The van der Waals surface area contributed by atoms with E-state index in [1.807, 2.05) is 0 Å². The van der Waals surface area contributed by atoms with Crippen LogP contribution in [0.1, 0.15) is 58.3 Å². The van der Waals surface area contributed by atoms with Crippen LogP contribution in [0.5, 0.6) is 0 Å². The molecule has 0 heterocycles. The Hall–Kier alpha value is -0.600. The minimum atomic E-state index is -0.268. The van der Waals surface area contributed by atoms with Crippen molar-refractivity contribution < 1.29 is 13.9 Å². The number of rotatable bonds is 5. The average Bonchev–Trinajstić information content (AvgIpc) is 2.18. The first-order chi connectivity index (χ1) is 7.18. The number of halogens is 1. The van der Waals surface area contributed by atoms with Gasteiger partial charge in [-0.25, -0.2) is 0 Å². The molecule has 15 heavy (non-hydrogen) atoms. The van der Waals surface area contributed by atoms with E-state index < -0.39 is 0 Å². The molecule has 3 heteroatoms. The molecule has 0 atom stereocenters. The van der Waals surface area contributed by atoms with E-state index in [1.54, 1.807) is 0 Å². The summed E-state index contributed by atoms with van der Waals surface area (Å²) < 4.78 is 17.5. The molecule has 2 nitrogen and oxygen atoms in total. The zero-order chi connectivity index (χ0) is 11.1. The fourth-order valence-electron chi connectivity index (χ4n) is 2.45. The lowest BCUT2D eigenvalue weighted by Gasteiger charge is -2.36. The molecule has 1 aliphatic carbocycles. The number of hydrogen-bond donors (Lipinski definition) is 0. The van der Waals surface area contributed by atoms with Crippen LogP contribution < -0.4 is 0 Å². The molecule has 0 aliphatic heterocycles. The summed E-state index contributed by atoms with van der Waals surface area (Å²) >= 11 is 0. The molecule has 1 aliphatic rings. The van der Waals surface area contributed by atoms with E-state index in [1.165, 1.54) is 13.3 Å². The Kier molecular flexibility index (Phi) is 5.06. The van der Waals surface area contributed by atoms with Crippen LogP contribution in [0.25, 0.3) is 0 Å². The molecule has 0 bridgehead atoms. The molecule has 0 amide bonds. The standard InChI is InChI=1S/C12H21FO2/c1-11(14)15-12(9-5-6-10-13)7-3-2-4-8-12/h2-10H2,1H3. The Morgan fingerprint density at radius 3 is 2.47 bits per heavy atom. The highest BCUT2D eigenvalue weighted by atomic mass is 19.1. The highest BCUT2D eigenvalue weighted by Crippen LogP contribution is 2.35. The number of hydrogen-bond acceptors (Lipinski definition) is 2. The summed E-state index contributed by atoms with van der Waals surface area (Å²) in [5.74, 6) is -0.197. The van der Waals surface area contributed by atoms with Gasteiger partial charge in [0.25, 0.3) is 0 Å². The van der Waals surface area contributed by atoms with Crippen molar-refractivity contribution in [3.05, 3.63) is 0 Å². The number of carbonyl (C=O) groups excluding carboxylic acids is 1. The van der Waals surface area contributed by atoms with Crippen LogP contribution in [0, 0.1) is 0 Å². The van der Waals surface area contributed by atoms with Gasteiger partial charge in [0, 0.05) is 6.92 Å². The van der Waals surface area contributed by atoms with Crippen molar-refractivity contribution in [2.75, 3.05) is 6.67 Å². The topological polar surface area (TPSA) is 26.3 Å². The van der Waals surface area contributed by atoms with Gasteiger partial charge in [-0.3, -0.25) is 9.18 Å². The molecular formula is C12H21FO2. The molecular weight excluding hydrogens is 195 g/mol. The first kappa shape index (κ1) is 12.5. The summed E-state index contributed by atoms with van der Waals surface area (Å²) in [4.78, 5) is 11.1. The average molecular weight is 216 g/mol. The van der Waals surface area contributed by atoms with Crippen LogP contribution in [0.15, 0.2) is 0 Å². The summed E-state index contributed by atoms with van der Waals surface area (Å²) in [5.41, 5.74) is -0.265. The Balaban J connectivity index is 2.46. The Bertz CT molecular complexity index is 198. The number of ether oxygens (including phenoxy) is 1. The molecule has 0 aromatic carbocycles. The Morgan fingerprint density at radius 2 is 1.93 bits per heavy atom. The minimum Gasteiger partial charge on any atom is -0.459 e. The number of alkyl halides is 1. The number of unbranched alkanes of at least 4 members (excludes halogenated alkanes) is 1. The second kappa shape index (κ2) is 6.09. The molecule has 1 rings (SSSR count). The van der Waals surface area contributed by atoms with E-state index in [0.29, 0.717) is 6.42 Å². The maximum Gasteiger partial charge on any atom is 0.303 e. The highest BCUT2D eigenvalue weighted by molar-refractivity contribution is 5.66. The molecule has 1 saturated carbocycles. The second-order valence-corrected chi connectivity index (χ2v) is 4.48. The monoisotopic (exact) mass is 216 g/mol. The number of esters is 1. The lowest BCUT2D eigenvalue weighted by atomic mass is 9.81. The largest absolute Gasteiger partial charge is 0.459 e. The third-order valence-electron chi connectivity index (χ3n) is 3.14. The van der Waals surface area contributed by atoms with Crippen molar-refractivity contribution in [2.45, 2.75) is 63.9 Å². The zero-order valence-corrected chi connectivity index (χ0v) is 9.56. The number of carbonyl (C=O) groups is 1. The van der Waals surface area contributed by atoms with E-state index in [2.05, 4.69) is 0 Å². The highest BCUT2D eigenvalue weighted by Gasteiger charge is 2.34. The van der Waals surface area contributed by atoms with Gasteiger partial charge < -0.3 is 4.74 Å². The molecule has 0 spiro atoms. The summed E-state index contributed by atoms with van der Waals surface area (Å²) in [7, 11) is 0. The van der Waals surface area contributed by atoms with Crippen molar-refractivity contribution in [3.8, 4) is 0 Å². The third-order valence-corrected chi connectivity index (χ3v) is 3.14.